The van der Waals surface area contributed by atoms with Crippen molar-refractivity contribution in [1.82, 2.24) is 5.32 Å². The molecule has 0 spiro atoms. The molecule has 0 aliphatic carbocycles. The Morgan fingerprint density at radius 3 is 2.50 bits per heavy atom. The predicted octanol–water partition coefficient (Wildman–Crippen LogP) is 1.46. The van der Waals surface area contributed by atoms with Gasteiger partial charge in [0.15, 0.2) is 11.7 Å². The molecular weight excluding hydrogens is 590 g/mol. The van der Waals surface area contributed by atoms with Crippen LogP contribution in [0, 0.1) is 11.8 Å². The number of ketones is 1. The first-order valence-corrected chi connectivity index (χ1v) is 15.9. The number of carbonyl (C=O) groups is 4. The van der Waals surface area contributed by atoms with Gasteiger partial charge in [-0.3, -0.25) is 28.9 Å². The SMILES string of the molecule is CC[C@H](C)[C@@H]1NC(=O)c2cc(NS(C)(=O)=O)ccc2OCc2ccc(C(N)=O)cc2NC(=O)[C@H](CCCN=C(N)N)CC1=O. The molecule has 2 aromatic carbocycles. The van der Waals surface area contributed by atoms with Crippen molar-refractivity contribution in [2.24, 2.45) is 34.0 Å². The fourth-order valence-electron chi connectivity index (χ4n) is 4.71. The molecule has 0 aromatic heterocycles. The van der Waals surface area contributed by atoms with E-state index >= 15 is 0 Å². The highest BCUT2D eigenvalue weighted by Crippen LogP contribution is 2.29. The van der Waals surface area contributed by atoms with E-state index in [1.165, 1.54) is 30.3 Å². The van der Waals surface area contributed by atoms with Crippen molar-refractivity contribution >= 4 is 50.9 Å². The van der Waals surface area contributed by atoms with E-state index in [9.17, 15) is 27.6 Å². The van der Waals surface area contributed by atoms with Crippen LogP contribution in [0.5, 0.6) is 5.75 Å². The number of primary amides is 1. The molecule has 15 heteroatoms. The standard InChI is InChI=1S/C29H39N7O7S/c1-4-16(2)25-23(37)13-18(6-5-11-33-29(31)32)27(39)34-22-12-17(26(30)38)7-8-19(22)15-43-24-10-9-20(36-44(3,41)42)14-21(24)28(40)35-25/h7-10,12,14,16,18,25,36H,4-6,11,13,15H2,1-3H3,(H2,30,38)(H,34,39)(H,35,40)(H4,31,32,33)/t16-,18+,25-/m0/s1. The molecule has 3 amide bonds. The van der Waals surface area contributed by atoms with Gasteiger partial charge in [0.1, 0.15) is 12.4 Å². The molecule has 0 radical (unpaired) electrons. The van der Waals surface area contributed by atoms with Crippen LogP contribution >= 0.6 is 0 Å². The fraction of sp³-hybridized carbons (Fsp3) is 0.414. The highest BCUT2D eigenvalue weighted by molar-refractivity contribution is 7.92. The average Bonchev–Trinajstić information content (AvgIpc) is 2.94. The molecule has 0 saturated heterocycles. The Balaban J connectivity index is 2.12. The molecule has 3 rings (SSSR count). The number of hydrogen-bond donors (Lipinski definition) is 6. The number of benzene rings is 2. The Bertz CT molecular complexity index is 1560. The van der Waals surface area contributed by atoms with Crippen molar-refractivity contribution in [1.29, 1.82) is 0 Å². The van der Waals surface area contributed by atoms with E-state index in [4.69, 9.17) is 21.9 Å². The third kappa shape index (κ3) is 9.42. The topological polar surface area (TPSA) is 238 Å². The third-order valence-corrected chi connectivity index (χ3v) is 7.84. The van der Waals surface area contributed by atoms with E-state index in [1.54, 1.807) is 13.0 Å². The van der Waals surface area contributed by atoms with Gasteiger partial charge in [0.25, 0.3) is 5.91 Å². The maximum atomic E-state index is 13.7. The zero-order valence-corrected chi connectivity index (χ0v) is 25.7. The van der Waals surface area contributed by atoms with Gasteiger partial charge in [0, 0.05) is 41.4 Å². The van der Waals surface area contributed by atoms with Gasteiger partial charge in [-0.05, 0) is 49.1 Å². The summed E-state index contributed by atoms with van der Waals surface area (Å²) in [6.07, 6.45) is 1.96. The minimum atomic E-state index is -3.66. The highest BCUT2D eigenvalue weighted by Gasteiger charge is 2.32. The van der Waals surface area contributed by atoms with E-state index < -0.39 is 39.7 Å². The molecule has 14 nitrogen and oxygen atoms in total. The van der Waals surface area contributed by atoms with Crippen molar-refractivity contribution in [3.63, 3.8) is 0 Å². The number of rotatable bonds is 9. The molecular formula is C29H39N7O7S. The smallest absolute Gasteiger partial charge is 0.255 e. The number of Topliss-reactive ketones (excluding diaryl/α,β-unsaturated/α-hetero) is 1. The molecule has 1 aliphatic rings. The zero-order valence-electron chi connectivity index (χ0n) is 24.9. The minimum absolute atomic E-state index is 0.00932. The normalized spacial score (nSPS) is 18.3. The predicted molar refractivity (Wildman–Crippen MR) is 167 cm³/mol. The summed E-state index contributed by atoms with van der Waals surface area (Å²) in [5, 5.41) is 5.62. The molecule has 0 bridgehead atoms. The Labute approximate surface area is 256 Å². The van der Waals surface area contributed by atoms with E-state index in [2.05, 4.69) is 20.3 Å². The summed E-state index contributed by atoms with van der Waals surface area (Å²) < 4.78 is 32.1. The Morgan fingerprint density at radius 1 is 1.14 bits per heavy atom. The van der Waals surface area contributed by atoms with Gasteiger partial charge < -0.3 is 32.6 Å². The average molecular weight is 630 g/mol. The highest BCUT2D eigenvalue weighted by atomic mass is 32.2. The molecule has 1 heterocycles. The summed E-state index contributed by atoms with van der Waals surface area (Å²) in [6, 6.07) is 7.66. The van der Waals surface area contributed by atoms with E-state index in [0.717, 1.165) is 6.26 Å². The summed E-state index contributed by atoms with van der Waals surface area (Å²) in [5.41, 5.74) is 17.3. The Kier molecular flexibility index (Phi) is 11.3. The van der Waals surface area contributed by atoms with Gasteiger partial charge in [-0.25, -0.2) is 8.42 Å². The summed E-state index contributed by atoms with van der Waals surface area (Å²) in [7, 11) is -3.66. The number of ether oxygens (including phenoxy) is 1. The maximum Gasteiger partial charge on any atom is 0.255 e. The molecule has 1 aliphatic heterocycles. The van der Waals surface area contributed by atoms with E-state index in [0.29, 0.717) is 18.4 Å². The molecule has 9 N–H and O–H groups in total. The summed E-state index contributed by atoms with van der Waals surface area (Å²) >= 11 is 0. The monoisotopic (exact) mass is 629 g/mol. The number of nitrogens with one attached hydrogen (secondary N) is 3. The van der Waals surface area contributed by atoms with Crippen molar-refractivity contribution < 1.29 is 32.3 Å². The number of sulfonamides is 1. The summed E-state index contributed by atoms with van der Waals surface area (Å²) in [4.78, 5) is 56.9. The molecule has 0 unspecified atom stereocenters. The number of anilines is 2. The molecule has 3 atom stereocenters. The van der Waals surface area contributed by atoms with Gasteiger partial charge in [0.2, 0.25) is 21.8 Å². The van der Waals surface area contributed by atoms with Crippen molar-refractivity contribution in [3.05, 3.63) is 53.1 Å². The summed E-state index contributed by atoms with van der Waals surface area (Å²) in [5.74, 6) is -3.35. The van der Waals surface area contributed by atoms with Crippen LogP contribution in [-0.2, 0) is 26.2 Å². The van der Waals surface area contributed by atoms with Crippen LogP contribution in [0.1, 0.15) is 65.8 Å². The fourth-order valence-corrected chi connectivity index (χ4v) is 5.26. The van der Waals surface area contributed by atoms with Crippen LogP contribution in [-0.4, -0.2) is 56.7 Å². The van der Waals surface area contributed by atoms with E-state index in [1.807, 2.05) is 6.92 Å². The van der Waals surface area contributed by atoms with Gasteiger partial charge in [-0.2, -0.15) is 0 Å². The summed E-state index contributed by atoms with van der Waals surface area (Å²) in [6.45, 7) is 3.77. The maximum absolute atomic E-state index is 13.7. The first-order chi connectivity index (χ1) is 20.7. The Morgan fingerprint density at radius 2 is 1.86 bits per heavy atom. The van der Waals surface area contributed by atoms with Crippen molar-refractivity contribution in [3.8, 4) is 5.75 Å². The number of amides is 3. The second-order valence-corrected chi connectivity index (χ2v) is 12.5. The number of hydrogen-bond acceptors (Lipinski definition) is 8. The first-order valence-electron chi connectivity index (χ1n) is 14.1. The lowest BCUT2D eigenvalue weighted by Crippen LogP contribution is -2.46. The number of nitrogens with two attached hydrogens (primary N) is 3. The quantitative estimate of drug-likeness (QED) is 0.133. The largest absolute Gasteiger partial charge is 0.488 e. The van der Waals surface area contributed by atoms with Crippen molar-refractivity contribution in [2.45, 2.75) is 52.2 Å². The van der Waals surface area contributed by atoms with Crippen LogP contribution in [0.2, 0.25) is 0 Å². The van der Waals surface area contributed by atoms with Crippen LogP contribution in [0.25, 0.3) is 0 Å². The lowest BCUT2D eigenvalue weighted by atomic mass is 9.87. The second-order valence-electron chi connectivity index (χ2n) is 10.8. The van der Waals surface area contributed by atoms with Gasteiger partial charge in [-0.1, -0.05) is 26.3 Å². The number of guanidine groups is 1. The van der Waals surface area contributed by atoms with Gasteiger partial charge in [0.05, 0.1) is 17.9 Å². The Hall–Kier alpha value is -4.66. The number of aliphatic imine (C=N–C) groups is 1. The number of nitrogens with zero attached hydrogens (tertiary/aromatic N) is 1. The number of fused-ring (bicyclic) bond motifs is 2. The van der Waals surface area contributed by atoms with Crippen LogP contribution in [0.3, 0.4) is 0 Å². The van der Waals surface area contributed by atoms with Gasteiger partial charge in [-0.15, -0.1) is 0 Å². The zero-order chi connectivity index (χ0) is 32.6. The first kappa shape index (κ1) is 33.8. The molecule has 44 heavy (non-hydrogen) atoms. The molecule has 0 saturated carbocycles. The van der Waals surface area contributed by atoms with Crippen LogP contribution in [0.4, 0.5) is 11.4 Å². The molecule has 2 aromatic rings. The van der Waals surface area contributed by atoms with Crippen LogP contribution < -0.4 is 37.3 Å². The van der Waals surface area contributed by atoms with Gasteiger partial charge >= 0.3 is 0 Å². The number of carbonyl (C=O) groups excluding carboxylic acids is 4. The lowest BCUT2D eigenvalue weighted by molar-refractivity contribution is -0.128. The minimum Gasteiger partial charge on any atom is -0.488 e. The van der Waals surface area contributed by atoms with Crippen LogP contribution in [0.15, 0.2) is 41.4 Å². The third-order valence-electron chi connectivity index (χ3n) is 7.23. The van der Waals surface area contributed by atoms with E-state index in [-0.39, 0.29) is 71.9 Å². The molecule has 238 valence electrons. The second kappa shape index (κ2) is 14.7. The lowest BCUT2D eigenvalue weighted by Gasteiger charge is -2.26. The molecule has 0 fully saturated rings. The van der Waals surface area contributed by atoms with Crippen molar-refractivity contribution in [2.75, 3.05) is 22.8 Å².